The Kier molecular flexibility index (Phi) is 4.51. The summed E-state index contributed by atoms with van der Waals surface area (Å²) in [5.41, 5.74) is 0.712. The molecule has 0 aliphatic heterocycles. The van der Waals surface area contributed by atoms with Gasteiger partial charge >= 0.3 is 0 Å². The first-order chi connectivity index (χ1) is 7.65. The fraction of sp³-hybridized carbons (Fsp3) is 0.333. The molecule has 0 aromatic heterocycles. The normalized spacial score (nSPS) is 13.2. The van der Waals surface area contributed by atoms with Crippen molar-refractivity contribution in [2.45, 2.75) is 26.3 Å². The highest BCUT2D eigenvalue weighted by molar-refractivity contribution is 5.57. The Hall–Kier alpha value is -1.84. The third-order valence-electron chi connectivity index (χ3n) is 2.38. The van der Waals surface area contributed by atoms with Crippen molar-refractivity contribution >= 4 is 5.70 Å². The second kappa shape index (κ2) is 5.90. The summed E-state index contributed by atoms with van der Waals surface area (Å²) in [6, 6.07) is 9.10. The topological polar surface area (TPSA) is 55.2 Å². The van der Waals surface area contributed by atoms with Crippen molar-refractivity contribution in [3.05, 3.63) is 52.2 Å². The molecule has 0 aliphatic rings. The maximum atomic E-state index is 10.9. The average molecular weight is 220 g/mol. The maximum Gasteiger partial charge on any atom is 0.292 e. The minimum absolute atomic E-state index is 0.0981. The van der Waals surface area contributed by atoms with Gasteiger partial charge in [-0.15, -0.1) is 0 Å². The van der Waals surface area contributed by atoms with E-state index in [1.807, 2.05) is 19.9 Å². The van der Waals surface area contributed by atoms with Gasteiger partial charge in [0.15, 0.2) is 0 Å². The molecule has 4 heteroatoms. The molecule has 1 unspecified atom stereocenters. The van der Waals surface area contributed by atoms with E-state index in [4.69, 9.17) is 0 Å². The van der Waals surface area contributed by atoms with E-state index < -0.39 is 0 Å². The van der Waals surface area contributed by atoms with Crippen molar-refractivity contribution in [1.82, 2.24) is 5.32 Å². The van der Waals surface area contributed by atoms with Crippen LogP contribution in [-0.4, -0.2) is 11.0 Å². The van der Waals surface area contributed by atoms with Crippen molar-refractivity contribution in [3.63, 3.8) is 0 Å². The minimum Gasteiger partial charge on any atom is -0.383 e. The van der Waals surface area contributed by atoms with Crippen molar-refractivity contribution in [2.24, 2.45) is 0 Å². The molecule has 0 spiro atoms. The average Bonchev–Trinajstić information content (AvgIpc) is 2.30. The Bertz CT molecular complexity index is 374. The maximum absolute atomic E-state index is 10.9. The summed E-state index contributed by atoms with van der Waals surface area (Å²) in [7, 11) is 0. The number of nitro groups is 1. The number of benzene rings is 1. The van der Waals surface area contributed by atoms with Crippen LogP contribution in [0.3, 0.4) is 0 Å². The molecule has 0 saturated heterocycles. The van der Waals surface area contributed by atoms with Gasteiger partial charge in [0.05, 0.1) is 16.7 Å². The van der Waals surface area contributed by atoms with Gasteiger partial charge in [0.25, 0.3) is 5.70 Å². The molecule has 1 aromatic rings. The number of nitrogens with zero attached hydrogens (tertiary/aromatic N) is 1. The van der Waals surface area contributed by atoms with Crippen LogP contribution >= 0.6 is 0 Å². The van der Waals surface area contributed by atoms with Gasteiger partial charge in [-0.1, -0.05) is 25.1 Å². The number of rotatable bonds is 5. The highest BCUT2D eigenvalue weighted by atomic mass is 16.6. The quantitative estimate of drug-likeness (QED) is 0.613. The highest BCUT2D eigenvalue weighted by Gasteiger charge is 2.13. The molecule has 86 valence electrons. The summed E-state index contributed by atoms with van der Waals surface area (Å²) in [5, 5.41) is 13.9. The molecule has 1 N–H and O–H groups in total. The zero-order valence-electron chi connectivity index (χ0n) is 9.51. The summed E-state index contributed by atoms with van der Waals surface area (Å²) < 4.78 is 0. The van der Waals surface area contributed by atoms with E-state index >= 15 is 0 Å². The van der Waals surface area contributed by atoms with Gasteiger partial charge in [0.1, 0.15) is 0 Å². The van der Waals surface area contributed by atoms with Crippen molar-refractivity contribution < 1.29 is 4.92 Å². The molecule has 1 aromatic carbocycles. The molecule has 0 saturated carbocycles. The molecule has 0 fully saturated rings. The summed E-state index contributed by atoms with van der Waals surface area (Å²) in [4.78, 5) is 10.5. The molecule has 1 atom stereocenters. The van der Waals surface area contributed by atoms with Gasteiger partial charge in [-0.25, -0.2) is 0 Å². The first kappa shape index (κ1) is 12.2. The molecule has 0 aliphatic carbocycles. The molecular weight excluding hydrogens is 204 g/mol. The Morgan fingerprint density at radius 3 is 2.62 bits per heavy atom. The second-order valence-electron chi connectivity index (χ2n) is 3.63. The van der Waals surface area contributed by atoms with Gasteiger partial charge in [-0.05, 0) is 25.5 Å². The van der Waals surface area contributed by atoms with Gasteiger partial charge in [-0.2, -0.15) is 0 Å². The van der Waals surface area contributed by atoms with Crippen LogP contribution in [0.4, 0.5) is 0 Å². The lowest BCUT2D eigenvalue weighted by Crippen LogP contribution is -2.20. The van der Waals surface area contributed by atoms with E-state index in [1.165, 1.54) is 6.20 Å². The highest BCUT2D eigenvalue weighted by Crippen LogP contribution is 2.13. The minimum atomic E-state index is -0.370. The van der Waals surface area contributed by atoms with Crippen LogP contribution < -0.4 is 5.32 Å². The standard InChI is InChI=1S/C12H16N2O2/c1-3-10(2)13-9-12(14(15)16)11-7-5-4-6-8-11/h4-10,13H,3H2,1-2H3/b12-9-. The van der Waals surface area contributed by atoms with Gasteiger partial charge in [0, 0.05) is 6.04 Å². The van der Waals surface area contributed by atoms with Crippen LogP contribution in [0.1, 0.15) is 25.8 Å². The van der Waals surface area contributed by atoms with Crippen LogP contribution in [0.15, 0.2) is 36.5 Å². The van der Waals surface area contributed by atoms with E-state index in [0.717, 1.165) is 6.42 Å². The Labute approximate surface area is 95.1 Å². The van der Waals surface area contributed by atoms with Crippen LogP contribution in [-0.2, 0) is 0 Å². The van der Waals surface area contributed by atoms with Crippen molar-refractivity contribution in [2.75, 3.05) is 0 Å². The van der Waals surface area contributed by atoms with Crippen LogP contribution in [0.5, 0.6) is 0 Å². The second-order valence-corrected chi connectivity index (χ2v) is 3.63. The predicted molar refractivity (Wildman–Crippen MR) is 64.3 cm³/mol. The Balaban J connectivity index is 2.88. The number of hydrogen-bond acceptors (Lipinski definition) is 3. The smallest absolute Gasteiger partial charge is 0.292 e. The summed E-state index contributed by atoms with van der Waals surface area (Å²) in [6.07, 6.45) is 2.40. The monoisotopic (exact) mass is 220 g/mol. The molecular formula is C12H16N2O2. The molecule has 0 amide bonds. The van der Waals surface area contributed by atoms with Crippen LogP contribution in [0, 0.1) is 10.1 Å². The van der Waals surface area contributed by atoms with Crippen molar-refractivity contribution in [1.29, 1.82) is 0 Å². The summed E-state index contributed by atoms with van der Waals surface area (Å²) >= 11 is 0. The van der Waals surface area contributed by atoms with Gasteiger partial charge in [0.2, 0.25) is 0 Å². The van der Waals surface area contributed by atoms with E-state index in [2.05, 4.69) is 5.32 Å². The third-order valence-corrected chi connectivity index (χ3v) is 2.38. The lowest BCUT2D eigenvalue weighted by atomic mass is 10.2. The van der Waals surface area contributed by atoms with Gasteiger partial charge < -0.3 is 5.32 Å². The van der Waals surface area contributed by atoms with Crippen LogP contribution in [0.25, 0.3) is 5.70 Å². The van der Waals surface area contributed by atoms with E-state index in [0.29, 0.717) is 5.56 Å². The molecule has 16 heavy (non-hydrogen) atoms. The largest absolute Gasteiger partial charge is 0.383 e. The zero-order valence-corrected chi connectivity index (χ0v) is 9.51. The SMILES string of the molecule is CCC(C)N/C=C(/c1ccccc1)[N+](=O)[O-]. The lowest BCUT2D eigenvalue weighted by molar-refractivity contribution is -0.375. The summed E-state index contributed by atoms with van der Waals surface area (Å²) in [5.74, 6) is 0. The van der Waals surface area contributed by atoms with Gasteiger partial charge in [-0.3, -0.25) is 10.1 Å². The Morgan fingerprint density at radius 2 is 2.12 bits per heavy atom. The first-order valence-corrected chi connectivity index (χ1v) is 5.31. The van der Waals surface area contributed by atoms with Crippen LogP contribution in [0.2, 0.25) is 0 Å². The molecule has 4 nitrogen and oxygen atoms in total. The van der Waals surface area contributed by atoms with E-state index in [1.54, 1.807) is 24.3 Å². The fourth-order valence-electron chi connectivity index (χ4n) is 1.19. The van der Waals surface area contributed by atoms with Crippen molar-refractivity contribution in [3.8, 4) is 0 Å². The molecule has 0 radical (unpaired) electrons. The predicted octanol–water partition coefficient (Wildman–Crippen LogP) is 2.65. The van der Waals surface area contributed by atoms with E-state index in [9.17, 15) is 10.1 Å². The summed E-state index contributed by atoms with van der Waals surface area (Å²) in [6.45, 7) is 4.01. The number of nitrogens with one attached hydrogen (secondary N) is 1. The Morgan fingerprint density at radius 1 is 1.50 bits per heavy atom. The van der Waals surface area contributed by atoms with E-state index in [-0.39, 0.29) is 16.7 Å². The fourth-order valence-corrected chi connectivity index (χ4v) is 1.19. The molecule has 1 rings (SSSR count). The number of hydrogen-bond donors (Lipinski definition) is 1. The molecule has 0 bridgehead atoms. The first-order valence-electron chi connectivity index (χ1n) is 5.31. The molecule has 0 heterocycles. The zero-order chi connectivity index (χ0) is 12.0. The lowest BCUT2D eigenvalue weighted by Gasteiger charge is -2.07. The third kappa shape index (κ3) is 3.38.